The van der Waals surface area contributed by atoms with E-state index in [0.717, 1.165) is 19.1 Å². The van der Waals surface area contributed by atoms with Gasteiger partial charge < -0.3 is 5.73 Å². The van der Waals surface area contributed by atoms with Crippen molar-refractivity contribution in [2.75, 3.05) is 13.1 Å². The molecule has 2 N–H and O–H groups in total. The number of thiophene rings is 1. The van der Waals surface area contributed by atoms with Gasteiger partial charge in [-0.3, -0.25) is 4.90 Å². The Morgan fingerprint density at radius 1 is 1.39 bits per heavy atom. The van der Waals surface area contributed by atoms with Crippen LogP contribution < -0.4 is 5.73 Å². The summed E-state index contributed by atoms with van der Waals surface area (Å²) in [5, 5.41) is 2.18. The zero-order chi connectivity index (χ0) is 13.0. The molecule has 1 aromatic rings. The van der Waals surface area contributed by atoms with Gasteiger partial charge in [-0.2, -0.15) is 0 Å². The van der Waals surface area contributed by atoms with E-state index in [-0.39, 0.29) is 0 Å². The molecule has 0 aliphatic heterocycles. The molecule has 0 aromatic carbocycles. The van der Waals surface area contributed by atoms with Gasteiger partial charge in [0.25, 0.3) is 0 Å². The minimum Gasteiger partial charge on any atom is -0.330 e. The average Bonchev–Trinajstić information content (AvgIpc) is 3.13. The second-order valence-electron chi connectivity index (χ2n) is 5.63. The lowest BCUT2D eigenvalue weighted by Gasteiger charge is -2.36. The first-order valence-electron chi connectivity index (χ1n) is 7.19. The highest BCUT2D eigenvalue weighted by Crippen LogP contribution is 2.34. The van der Waals surface area contributed by atoms with E-state index in [1.807, 2.05) is 11.3 Å². The monoisotopic (exact) mass is 266 g/mol. The third-order valence-corrected chi connectivity index (χ3v) is 5.33. The van der Waals surface area contributed by atoms with Gasteiger partial charge in [0, 0.05) is 24.0 Å². The lowest BCUT2D eigenvalue weighted by molar-refractivity contribution is 0.132. The Bertz CT molecular complexity index is 331. The maximum Gasteiger partial charge on any atom is 0.0331 e. The molecule has 0 radical (unpaired) electrons. The Morgan fingerprint density at radius 2 is 2.11 bits per heavy atom. The van der Waals surface area contributed by atoms with Gasteiger partial charge in [0.2, 0.25) is 0 Å². The summed E-state index contributed by atoms with van der Waals surface area (Å²) in [6, 6.07) is 5.22. The van der Waals surface area contributed by atoms with Crippen molar-refractivity contribution in [3.8, 4) is 0 Å². The third-order valence-electron chi connectivity index (χ3n) is 4.47. The number of hydrogen-bond donors (Lipinski definition) is 1. The highest BCUT2D eigenvalue weighted by atomic mass is 32.1. The summed E-state index contributed by atoms with van der Waals surface area (Å²) in [5.74, 6) is 0. The maximum absolute atomic E-state index is 6.05. The van der Waals surface area contributed by atoms with Crippen LogP contribution in [0.1, 0.15) is 44.4 Å². The third kappa shape index (κ3) is 3.34. The molecule has 0 amide bonds. The number of nitrogens with two attached hydrogens (primary N) is 1. The highest BCUT2D eigenvalue weighted by Gasteiger charge is 2.35. The Morgan fingerprint density at radius 3 is 2.56 bits per heavy atom. The van der Waals surface area contributed by atoms with E-state index in [2.05, 4.69) is 36.3 Å². The first kappa shape index (κ1) is 14.0. The van der Waals surface area contributed by atoms with Crippen LogP contribution in [0.25, 0.3) is 0 Å². The van der Waals surface area contributed by atoms with Crippen molar-refractivity contribution in [1.82, 2.24) is 4.90 Å². The van der Waals surface area contributed by atoms with E-state index in [1.54, 1.807) is 0 Å². The van der Waals surface area contributed by atoms with Crippen LogP contribution in [0.4, 0.5) is 0 Å². The van der Waals surface area contributed by atoms with Crippen molar-refractivity contribution in [2.45, 2.75) is 52.1 Å². The lowest BCUT2D eigenvalue weighted by atomic mass is 9.82. The van der Waals surface area contributed by atoms with Gasteiger partial charge in [-0.05, 0) is 49.1 Å². The van der Waals surface area contributed by atoms with Crippen LogP contribution in [0.15, 0.2) is 17.5 Å². The SMILES string of the molecule is CCC(CC)(CN)CN(Cc1cccs1)C1CC1. The smallest absolute Gasteiger partial charge is 0.0331 e. The van der Waals surface area contributed by atoms with E-state index in [4.69, 9.17) is 5.73 Å². The average molecular weight is 266 g/mol. The van der Waals surface area contributed by atoms with Crippen LogP contribution >= 0.6 is 11.3 Å². The molecule has 1 heterocycles. The minimum absolute atomic E-state index is 0.319. The summed E-state index contributed by atoms with van der Waals surface area (Å²) in [4.78, 5) is 4.16. The number of hydrogen-bond acceptors (Lipinski definition) is 3. The van der Waals surface area contributed by atoms with Crippen molar-refractivity contribution in [2.24, 2.45) is 11.1 Å². The molecular weight excluding hydrogens is 240 g/mol. The predicted molar refractivity (Wildman–Crippen MR) is 79.8 cm³/mol. The summed E-state index contributed by atoms with van der Waals surface area (Å²) in [6.45, 7) is 7.66. The Labute approximate surface area is 115 Å². The van der Waals surface area contributed by atoms with Gasteiger partial charge >= 0.3 is 0 Å². The number of rotatable bonds is 8. The van der Waals surface area contributed by atoms with E-state index < -0.39 is 0 Å². The van der Waals surface area contributed by atoms with E-state index >= 15 is 0 Å². The van der Waals surface area contributed by atoms with Gasteiger partial charge in [-0.1, -0.05) is 19.9 Å². The lowest BCUT2D eigenvalue weighted by Crippen LogP contribution is -2.42. The Hall–Kier alpha value is -0.380. The summed E-state index contributed by atoms with van der Waals surface area (Å²) in [5.41, 5.74) is 6.37. The fraction of sp³-hybridized carbons (Fsp3) is 0.733. The van der Waals surface area contributed by atoms with Crippen LogP contribution in [0.3, 0.4) is 0 Å². The molecular formula is C15H26N2S. The van der Waals surface area contributed by atoms with Gasteiger partial charge in [-0.15, -0.1) is 11.3 Å². The zero-order valence-electron chi connectivity index (χ0n) is 11.7. The fourth-order valence-electron chi connectivity index (χ4n) is 2.61. The maximum atomic E-state index is 6.05. The summed E-state index contributed by atoms with van der Waals surface area (Å²) < 4.78 is 0. The van der Waals surface area contributed by atoms with Gasteiger partial charge in [0.15, 0.2) is 0 Å². The molecule has 0 unspecified atom stereocenters. The van der Waals surface area contributed by atoms with E-state index in [0.29, 0.717) is 5.41 Å². The van der Waals surface area contributed by atoms with Gasteiger partial charge in [0.1, 0.15) is 0 Å². The fourth-order valence-corrected chi connectivity index (χ4v) is 3.34. The van der Waals surface area contributed by atoms with Gasteiger partial charge in [-0.25, -0.2) is 0 Å². The minimum atomic E-state index is 0.319. The molecule has 1 fully saturated rings. The molecule has 1 aliphatic carbocycles. The van der Waals surface area contributed by atoms with Crippen LogP contribution in [0.2, 0.25) is 0 Å². The van der Waals surface area contributed by atoms with Crippen molar-refractivity contribution in [1.29, 1.82) is 0 Å². The van der Waals surface area contributed by atoms with Crippen molar-refractivity contribution >= 4 is 11.3 Å². The molecule has 102 valence electrons. The standard InChI is InChI=1S/C15H26N2S/c1-3-15(4-2,11-16)12-17(13-7-8-13)10-14-6-5-9-18-14/h5-6,9,13H,3-4,7-8,10-12,16H2,1-2H3. The number of nitrogens with zero attached hydrogens (tertiary/aromatic N) is 1. The molecule has 1 aliphatic rings. The topological polar surface area (TPSA) is 29.3 Å². The van der Waals surface area contributed by atoms with Crippen LogP contribution in [-0.2, 0) is 6.54 Å². The van der Waals surface area contributed by atoms with Crippen molar-refractivity contribution in [3.63, 3.8) is 0 Å². The quantitative estimate of drug-likeness (QED) is 0.780. The normalized spacial score (nSPS) is 16.4. The molecule has 1 saturated carbocycles. The Balaban J connectivity index is 2.01. The van der Waals surface area contributed by atoms with Crippen molar-refractivity contribution in [3.05, 3.63) is 22.4 Å². The highest BCUT2D eigenvalue weighted by molar-refractivity contribution is 7.09. The molecule has 3 heteroatoms. The predicted octanol–water partition coefficient (Wildman–Crippen LogP) is 3.48. The van der Waals surface area contributed by atoms with Crippen LogP contribution in [-0.4, -0.2) is 24.0 Å². The molecule has 0 atom stereocenters. The largest absolute Gasteiger partial charge is 0.330 e. The first-order chi connectivity index (χ1) is 8.73. The summed E-state index contributed by atoms with van der Waals surface area (Å²) >= 11 is 1.87. The molecule has 2 nitrogen and oxygen atoms in total. The van der Waals surface area contributed by atoms with E-state index in [9.17, 15) is 0 Å². The second kappa shape index (κ2) is 6.18. The molecule has 18 heavy (non-hydrogen) atoms. The Kier molecular flexibility index (Phi) is 4.82. The van der Waals surface area contributed by atoms with Crippen molar-refractivity contribution < 1.29 is 0 Å². The molecule has 1 aromatic heterocycles. The zero-order valence-corrected chi connectivity index (χ0v) is 12.5. The van der Waals surface area contributed by atoms with Crippen LogP contribution in [0, 0.1) is 5.41 Å². The molecule has 0 saturated heterocycles. The molecule has 0 bridgehead atoms. The summed E-state index contributed by atoms with van der Waals surface area (Å²) in [6.07, 6.45) is 5.13. The van der Waals surface area contributed by atoms with Crippen LogP contribution in [0.5, 0.6) is 0 Å². The van der Waals surface area contributed by atoms with E-state index in [1.165, 1.54) is 37.1 Å². The first-order valence-corrected chi connectivity index (χ1v) is 8.07. The second-order valence-corrected chi connectivity index (χ2v) is 6.66. The summed E-state index contributed by atoms with van der Waals surface area (Å²) in [7, 11) is 0. The molecule has 0 spiro atoms. The van der Waals surface area contributed by atoms with Gasteiger partial charge in [0.05, 0.1) is 0 Å². The molecule has 2 rings (SSSR count).